The van der Waals surface area contributed by atoms with Crippen molar-refractivity contribution in [2.75, 3.05) is 26.2 Å². The number of benzene rings is 1. The van der Waals surface area contributed by atoms with Gasteiger partial charge in [0, 0.05) is 19.6 Å². The summed E-state index contributed by atoms with van der Waals surface area (Å²) >= 11 is 0. The minimum atomic E-state index is -3.36. The molecule has 0 amide bonds. The van der Waals surface area contributed by atoms with Crippen LogP contribution in [0.1, 0.15) is 17.5 Å². The number of rotatable bonds is 4. The van der Waals surface area contributed by atoms with Gasteiger partial charge in [0.1, 0.15) is 0 Å². The molecule has 21 heavy (non-hydrogen) atoms. The summed E-state index contributed by atoms with van der Waals surface area (Å²) < 4.78 is 29.0. The topological polar surface area (TPSA) is 61.4 Å². The second kappa shape index (κ2) is 7.07. The molecule has 7 heteroatoms. The number of fused-ring (bicyclic) bond motifs is 1. The normalized spacial score (nSPS) is 22.6. The Balaban J connectivity index is 0.00000161. The van der Waals surface area contributed by atoms with E-state index in [1.54, 1.807) is 4.31 Å². The molecule has 1 aromatic rings. The van der Waals surface area contributed by atoms with Gasteiger partial charge in [-0.05, 0) is 43.0 Å². The van der Waals surface area contributed by atoms with Crippen LogP contribution in [0.2, 0.25) is 0 Å². The monoisotopic (exact) mass is 331 g/mol. The number of hydrogen-bond donors (Lipinski definition) is 2. The number of nitrogens with one attached hydrogen (secondary N) is 2. The maximum atomic E-state index is 12.3. The van der Waals surface area contributed by atoms with E-state index in [0.717, 1.165) is 31.5 Å². The van der Waals surface area contributed by atoms with Crippen molar-refractivity contribution in [3.05, 3.63) is 35.4 Å². The Morgan fingerprint density at radius 3 is 2.76 bits per heavy atom. The van der Waals surface area contributed by atoms with E-state index < -0.39 is 10.2 Å². The zero-order chi connectivity index (χ0) is 14.0. The third-order valence-electron chi connectivity index (χ3n) is 4.15. The summed E-state index contributed by atoms with van der Waals surface area (Å²) in [6, 6.07) is 8.07. The minimum absolute atomic E-state index is 0. The lowest BCUT2D eigenvalue weighted by atomic mass is 10.0. The maximum Gasteiger partial charge on any atom is 0.279 e. The van der Waals surface area contributed by atoms with E-state index in [9.17, 15) is 8.42 Å². The first-order valence-electron chi connectivity index (χ1n) is 7.17. The molecular weight excluding hydrogens is 310 g/mol. The summed E-state index contributed by atoms with van der Waals surface area (Å²) in [5.74, 6) is 0.418. The molecule has 0 bridgehead atoms. The van der Waals surface area contributed by atoms with Crippen molar-refractivity contribution < 1.29 is 8.42 Å². The molecule has 0 radical (unpaired) electrons. The number of nitrogens with zero attached hydrogens (tertiary/aromatic N) is 1. The first-order chi connectivity index (χ1) is 9.65. The molecule has 1 atom stereocenters. The highest BCUT2D eigenvalue weighted by Gasteiger charge is 2.27. The lowest BCUT2D eigenvalue weighted by Gasteiger charge is -2.28. The molecule has 2 aliphatic rings. The van der Waals surface area contributed by atoms with E-state index in [-0.39, 0.29) is 12.4 Å². The molecule has 3 rings (SSSR count). The highest BCUT2D eigenvalue weighted by molar-refractivity contribution is 7.87. The fourth-order valence-electron chi connectivity index (χ4n) is 2.88. The first kappa shape index (κ1) is 16.7. The summed E-state index contributed by atoms with van der Waals surface area (Å²) in [7, 11) is -3.36. The second-order valence-electron chi connectivity index (χ2n) is 5.56. The van der Waals surface area contributed by atoms with Crippen molar-refractivity contribution in [2.24, 2.45) is 5.92 Å². The highest BCUT2D eigenvalue weighted by atomic mass is 35.5. The Labute approximate surface area is 132 Å². The Hall–Kier alpha value is -0.660. The van der Waals surface area contributed by atoms with Crippen LogP contribution in [0.4, 0.5) is 0 Å². The van der Waals surface area contributed by atoms with Gasteiger partial charge in [-0.25, -0.2) is 4.72 Å². The van der Waals surface area contributed by atoms with Gasteiger partial charge in [-0.15, -0.1) is 12.4 Å². The van der Waals surface area contributed by atoms with Crippen LogP contribution in [0, 0.1) is 5.92 Å². The molecule has 1 saturated heterocycles. The van der Waals surface area contributed by atoms with Gasteiger partial charge in [0.2, 0.25) is 0 Å². The largest absolute Gasteiger partial charge is 0.316 e. The van der Waals surface area contributed by atoms with Gasteiger partial charge in [-0.1, -0.05) is 24.3 Å². The summed E-state index contributed by atoms with van der Waals surface area (Å²) in [5.41, 5.74) is 2.38. The van der Waals surface area contributed by atoms with E-state index in [1.165, 1.54) is 5.56 Å². The number of halogens is 1. The van der Waals surface area contributed by atoms with Crippen LogP contribution in [0.3, 0.4) is 0 Å². The summed E-state index contributed by atoms with van der Waals surface area (Å²) in [6.45, 7) is 3.48. The smallest absolute Gasteiger partial charge is 0.279 e. The van der Waals surface area contributed by atoms with Crippen LogP contribution in [0.25, 0.3) is 0 Å². The van der Waals surface area contributed by atoms with E-state index in [4.69, 9.17) is 0 Å². The Morgan fingerprint density at radius 1 is 1.29 bits per heavy atom. The third-order valence-corrected chi connectivity index (χ3v) is 5.68. The van der Waals surface area contributed by atoms with E-state index in [0.29, 0.717) is 25.6 Å². The molecule has 0 saturated carbocycles. The van der Waals surface area contributed by atoms with Crippen LogP contribution in [0.15, 0.2) is 24.3 Å². The van der Waals surface area contributed by atoms with Crippen molar-refractivity contribution in [3.8, 4) is 0 Å². The minimum Gasteiger partial charge on any atom is -0.316 e. The van der Waals surface area contributed by atoms with Gasteiger partial charge in [0.25, 0.3) is 10.2 Å². The molecule has 5 nitrogen and oxygen atoms in total. The van der Waals surface area contributed by atoms with E-state index >= 15 is 0 Å². The molecule has 1 fully saturated rings. The van der Waals surface area contributed by atoms with Crippen molar-refractivity contribution >= 4 is 22.6 Å². The summed E-state index contributed by atoms with van der Waals surface area (Å²) in [5, 5.41) is 3.25. The third kappa shape index (κ3) is 3.96. The van der Waals surface area contributed by atoms with Gasteiger partial charge in [0.15, 0.2) is 0 Å². The van der Waals surface area contributed by atoms with Gasteiger partial charge in [-0.3, -0.25) is 0 Å². The fourth-order valence-corrected chi connectivity index (χ4v) is 4.15. The molecular formula is C14H22ClN3O2S. The van der Waals surface area contributed by atoms with Crippen LogP contribution in [0.5, 0.6) is 0 Å². The predicted octanol–water partition coefficient (Wildman–Crippen LogP) is 0.910. The predicted molar refractivity (Wildman–Crippen MR) is 85.7 cm³/mol. The standard InChI is InChI=1S/C14H21N3O2S.ClH/c18-20(19,16-10-12-5-7-15-9-12)17-8-6-13-3-1-2-4-14(13)11-17;/h1-4,12,15-16H,5-11H2;1H. The van der Waals surface area contributed by atoms with Crippen molar-refractivity contribution in [2.45, 2.75) is 19.4 Å². The number of hydrogen-bond acceptors (Lipinski definition) is 3. The highest BCUT2D eigenvalue weighted by Crippen LogP contribution is 2.20. The lowest BCUT2D eigenvalue weighted by Crippen LogP contribution is -2.44. The van der Waals surface area contributed by atoms with Gasteiger partial charge in [0.05, 0.1) is 0 Å². The van der Waals surface area contributed by atoms with Gasteiger partial charge < -0.3 is 5.32 Å². The fraction of sp³-hybridized carbons (Fsp3) is 0.571. The van der Waals surface area contributed by atoms with Crippen molar-refractivity contribution in [3.63, 3.8) is 0 Å². The molecule has 0 aliphatic carbocycles. The Kier molecular flexibility index (Phi) is 5.62. The first-order valence-corrected chi connectivity index (χ1v) is 8.61. The van der Waals surface area contributed by atoms with Crippen LogP contribution < -0.4 is 10.0 Å². The molecule has 2 N–H and O–H groups in total. The maximum absolute atomic E-state index is 12.3. The summed E-state index contributed by atoms with van der Waals surface area (Å²) in [6.07, 6.45) is 1.84. The average molecular weight is 332 g/mol. The average Bonchev–Trinajstić information content (AvgIpc) is 2.98. The molecule has 2 aliphatic heterocycles. The SMILES string of the molecule is Cl.O=S(=O)(NCC1CCNC1)N1CCc2ccccc2C1. The molecule has 1 aromatic carbocycles. The zero-order valence-corrected chi connectivity index (χ0v) is 13.5. The van der Waals surface area contributed by atoms with Gasteiger partial charge >= 0.3 is 0 Å². The molecule has 118 valence electrons. The zero-order valence-electron chi connectivity index (χ0n) is 11.9. The summed E-state index contributed by atoms with van der Waals surface area (Å²) in [4.78, 5) is 0. The molecule has 1 unspecified atom stereocenters. The van der Waals surface area contributed by atoms with Crippen LogP contribution in [-0.2, 0) is 23.2 Å². The quantitative estimate of drug-likeness (QED) is 0.862. The molecule has 2 heterocycles. The van der Waals surface area contributed by atoms with Crippen molar-refractivity contribution in [1.82, 2.24) is 14.3 Å². The Bertz CT molecular complexity index is 573. The van der Waals surface area contributed by atoms with Crippen molar-refractivity contribution in [1.29, 1.82) is 0 Å². The molecule has 0 aromatic heterocycles. The Morgan fingerprint density at radius 2 is 2.05 bits per heavy atom. The lowest BCUT2D eigenvalue weighted by molar-refractivity contribution is 0.380. The molecule has 0 spiro atoms. The second-order valence-corrected chi connectivity index (χ2v) is 7.32. The van der Waals surface area contributed by atoms with Crippen LogP contribution in [-0.4, -0.2) is 38.9 Å². The van der Waals surface area contributed by atoms with Gasteiger partial charge in [-0.2, -0.15) is 12.7 Å². The van der Waals surface area contributed by atoms with E-state index in [1.807, 2.05) is 18.2 Å². The van der Waals surface area contributed by atoms with E-state index in [2.05, 4.69) is 16.1 Å². The van der Waals surface area contributed by atoms with Crippen LogP contribution >= 0.6 is 12.4 Å².